The van der Waals surface area contributed by atoms with Crippen LogP contribution in [0.15, 0.2) is 0 Å². The Balaban J connectivity index is 2.49. The third-order valence-corrected chi connectivity index (χ3v) is 3.25. The average molecular weight is 211 g/mol. The van der Waals surface area contributed by atoms with E-state index in [4.69, 9.17) is 9.19 Å². The zero-order valence-corrected chi connectivity index (χ0v) is 7.35. The molecule has 0 aromatic rings. The van der Waals surface area contributed by atoms with Crippen molar-refractivity contribution in [1.29, 1.82) is 0 Å². The summed E-state index contributed by atoms with van der Waals surface area (Å²) in [5.74, 6) is 0. The van der Waals surface area contributed by atoms with Crippen LogP contribution in [0.3, 0.4) is 0 Å². The van der Waals surface area contributed by atoms with Gasteiger partial charge in [0, 0.05) is 0 Å². The van der Waals surface area contributed by atoms with Gasteiger partial charge in [0.2, 0.25) is 0 Å². The van der Waals surface area contributed by atoms with Crippen molar-refractivity contribution in [2.45, 2.75) is 24.1 Å². The molecule has 0 aliphatic rings. The van der Waals surface area contributed by atoms with E-state index in [-0.39, 0.29) is 19.7 Å². The summed E-state index contributed by atoms with van der Waals surface area (Å²) < 4.78 is 1.38. The summed E-state index contributed by atoms with van der Waals surface area (Å²) >= 11 is -0.0898. The van der Waals surface area contributed by atoms with Crippen LogP contribution in [-0.2, 0) is 0 Å². The van der Waals surface area contributed by atoms with Gasteiger partial charge in [0.25, 0.3) is 0 Å². The molecule has 6 heavy (non-hydrogen) atoms. The van der Waals surface area contributed by atoms with Crippen LogP contribution in [0.2, 0.25) is 4.37 Å². The van der Waals surface area contributed by atoms with Crippen molar-refractivity contribution in [1.82, 2.24) is 0 Å². The Bertz CT molecular complexity index is 36.5. The van der Waals surface area contributed by atoms with Crippen molar-refractivity contribution in [2.75, 3.05) is 0 Å². The molecule has 0 aliphatic heterocycles. The Morgan fingerprint density at radius 3 is 2.50 bits per heavy atom. The monoisotopic (exact) mass is 210 g/mol. The Kier molecular flexibility index (Phi) is 7.08. The van der Waals surface area contributed by atoms with Crippen LogP contribution in [0.1, 0.15) is 19.8 Å². The predicted octanol–water partition coefficient (Wildman–Crippen LogP) is 2.02. The molecule has 0 N–H and O–H groups in total. The first-order valence-electron chi connectivity index (χ1n) is 2.21. The molecule has 0 rings (SSSR count). The maximum atomic E-state index is 4.87. The van der Waals surface area contributed by atoms with E-state index in [0.717, 1.165) is 0 Å². The SMILES string of the molecule is CCC[CH2][Sb]=[S]. The summed E-state index contributed by atoms with van der Waals surface area (Å²) in [5.41, 5.74) is 0. The fraction of sp³-hybridized carbons (Fsp3) is 1.00. The summed E-state index contributed by atoms with van der Waals surface area (Å²) in [5, 5.41) is 0. The van der Waals surface area contributed by atoms with Crippen LogP contribution in [0.4, 0.5) is 0 Å². The first kappa shape index (κ1) is 7.04. The standard InChI is InChI=1S/C4H9.S.Sb/c1-3-4-2;;/h1,3-4H2,2H3;;. The van der Waals surface area contributed by atoms with Crippen LogP contribution in [-0.4, -0.2) is 19.7 Å². The summed E-state index contributed by atoms with van der Waals surface area (Å²) in [4.78, 5) is 0. The average Bonchev–Trinajstić information content (AvgIpc) is 1.61. The van der Waals surface area contributed by atoms with E-state index in [9.17, 15) is 0 Å². The molecule has 0 saturated carbocycles. The number of hydrogen-bond acceptors (Lipinski definition) is 1. The molecule has 2 heteroatoms. The van der Waals surface area contributed by atoms with Crippen molar-refractivity contribution in [3.63, 3.8) is 0 Å². The summed E-state index contributed by atoms with van der Waals surface area (Å²) in [6.45, 7) is 2.21. The summed E-state index contributed by atoms with van der Waals surface area (Å²) in [6, 6.07) is 0. The van der Waals surface area contributed by atoms with Crippen LogP contribution in [0.25, 0.3) is 0 Å². The second-order valence-corrected chi connectivity index (χ2v) is 4.95. The second-order valence-electron chi connectivity index (χ2n) is 1.21. The van der Waals surface area contributed by atoms with Gasteiger partial charge in [-0.3, -0.25) is 0 Å². The van der Waals surface area contributed by atoms with Gasteiger partial charge < -0.3 is 0 Å². The van der Waals surface area contributed by atoms with E-state index < -0.39 is 0 Å². The first-order chi connectivity index (χ1) is 2.91. The number of unbranched alkanes of at least 4 members (excludes halogenated alkanes) is 1. The molecule has 0 nitrogen and oxygen atoms in total. The van der Waals surface area contributed by atoms with Crippen LogP contribution >= 0.6 is 9.19 Å². The Hall–Kier alpha value is 1.04. The molecule has 0 spiro atoms. The van der Waals surface area contributed by atoms with E-state index in [2.05, 4.69) is 6.92 Å². The van der Waals surface area contributed by atoms with Gasteiger partial charge in [-0.1, -0.05) is 0 Å². The van der Waals surface area contributed by atoms with Gasteiger partial charge >= 0.3 is 53.0 Å². The first-order valence-corrected chi connectivity index (χ1v) is 7.50. The van der Waals surface area contributed by atoms with Gasteiger partial charge in [-0.15, -0.1) is 0 Å². The van der Waals surface area contributed by atoms with Crippen molar-refractivity contribution in [2.24, 2.45) is 0 Å². The van der Waals surface area contributed by atoms with Crippen LogP contribution in [0, 0.1) is 0 Å². The third kappa shape index (κ3) is 5.04. The Morgan fingerprint density at radius 2 is 2.33 bits per heavy atom. The van der Waals surface area contributed by atoms with Crippen molar-refractivity contribution < 1.29 is 0 Å². The molecule has 0 aliphatic carbocycles. The van der Waals surface area contributed by atoms with Crippen molar-refractivity contribution in [3.8, 4) is 0 Å². The van der Waals surface area contributed by atoms with Crippen molar-refractivity contribution >= 4 is 28.8 Å². The van der Waals surface area contributed by atoms with Crippen molar-refractivity contribution in [3.05, 3.63) is 0 Å². The van der Waals surface area contributed by atoms with Gasteiger partial charge in [0.15, 0.2) is 0 Å². The molecule has 0 unspecified atom stereocenters. The summed E-state index contributed by atoms with van der Waals surface area (Å²) in [7, 11) is 4.87. The van der Waals surface area contributed by atoms with Gasteiger partial charge in [0.05, 0.1) is 0 Å². The zero-order chi connectivity index (χ0) is 4.83. The second kappa shape index (κ2) is 6.04. The minimum atomic E-state index is -0.0898. The molecule has 0 fully saturated rings. The number of hydrogen-bond donors (Lipinski definition) is 0. The molecule has 36 valence electrons. The molecular weight excluding hydrogens is 202 g/mol. The van der Waals surface area contributed by atoms with E-state index in [1.807, 2.05) is 0 Å². The van der Waals surface area contributed by atoms with E-state index >= 15 is 0 Å². The minimum absolute atomic E-state index is 0.0898. The molecule has 0 aromatic heterocycles. The quantitative estimate of drug-likeness (QED) is 0.508. The zero-order valence-electron chi connectivity index (χ0n) is 3.98. The Morgan fingerprint density at radius 1 is 1.67 bits per heavy atom. The summed E-state index contributed by atoms with van der Waals surface area (Å²) in [6.07, 6.45) is 2.70. The normalized spacial score (nSPS) is 8.17. The van der Waals surface area contributed by atoms with Crippen LogP contribution < -0.4 is 0 Å². The van der Waals surface area contributed by atoms with E-state index in [1.165, 1.54) is 17.2 Å². The van der Waals surface area contributed by atoms with Gasteiger partial charge in [0.1, 0.15) is 0 Å². The molecule has 0 radical (unpaired) electrons. The van der Waals surface area contributed by atoms with E-state index in [1.54, 1.807) is 0 Å². The maximum absolute atomic E-state index is 4.87. The number of rotatable bonds is 3. The van der Waals surface area contributed by atoms with Crippen LogP contribution in [0.5, 0.6) is 0 Å². The van der Waals surface area contributed by atoms with E-state index in [0.29, 0.717) is 0 Å². The fourth-order valence-electron chi connectivity index (χ4n) is 0.223. The molecule has 0 amide bonds. The molecule has 0 atom stereocenters. The molecule has 0 saturated heterocycles. The Labute approximate surface area is 53.0 Å². The topological polar surface area (TPSA) is 0 Å². The molecule has 0 aromatic carbocycles. The molecular formula is C4H9SSb. The fourth-order valence-corrected chi connectivity index (χ4v) is 2.36. The predicted molar refractivity (Wildman–Crippen MR) is 33.1 cm³/mol. The molecule has 0 heterocycles. The van der Waals surface area contributed by atoms with Gasteiger partial charge in [-0.25, -0.2) is 0 Å². The van der Waals surface area contributed by atoms with Gasteiger partial charge in [-0.2, -0.15) is 0 Å². The third-order valence-electron chi connectivity index (χ3n) is 0.603. The van der Waals surface area contributed by atoms with Gasteiger partial charge in [-0.05, 0) is 0 Å². The molecule has 0 bridgehead atoms.